The van der Waals surface area contributed by atoms with Gasteiger partial charge in [0.1, 0.15) is 5.69 Å². The zero-order valence-corrected chi connectivity index (χ0v) is 10.7. The monoisotopic (exact) mass is 255 g/mol. The summed E-state index contributed by atoms with van der Waals surface area (Å²) in [5, 5.41) is 12.4. The Balaban J connectivity index is 1.99. The van der Waals surface area contributed by atoms with Gasteiger partial charge in [-0.1, -0.05) is 6.07 Å². The first-order chi connectivity index (χ1) is 9.28. The Morgan fingerprint density at radius 2 is 2.05 bits per heavy atom. The van der Waals surface area contributed by atoms with Gasteiger partial charge in [0.15, 0.2) is 0 Å². The summed E-state index contributed by atoms with van der Waals surface area (Å²) in [6, 6.07) is 5.56. The molecule has 6 nitrogen and oxygen atoms in total. The first kappa shape index (κ1) is 11.6. The Morgan fingerprint density at radius 3 is 2.74 bits per heavy atom. The molecule has 3 heterocycles. The lowest BCUT2D eigenvalue weighted by Gasteiger charge is -1.91. The van der Waals surface area contributed by atoms with E-state index >= 15 is 0 Å². The van der Waals surface area contributed by atoms with Crippen LogP contribution in [0.1, 0.15) is 12.6 Å². The van der Waals surface area contributed by atoms with Crippen LogP contribution in [0.4, 0.5) is 0 Å². The molecule has 0 saturated heterocycles. The number of hydrogen-bond acceptors (Lipinski definition) is 5. The van der Waals surface area contributed by atoms with Crippen LogP contribution in [0.2, 0.25) is 0 Å². The predicted octanol–water partition coefficient (Wildman–Crippen LogP) is 2.32. The maximum Gasteiger partial charge on any atom is 0.266 e. The molecule has 3 aromatic rings. The standard InChI is InChI=1S/C13H13N5O/c1-3-18-8-10(9(2)17-18)12-15-16-13(19-12)11-6-4-5-7-14-11/h4-8H,3H2,1-2H3. The van der Waals surface area contributed by atoms with Gasteiger partial charge in [-0.2, -0.15) is 5.10 Å². The van der Waals surface area contributed by atoms with Crippen LogP contribution in [0.15, 0.2) is 35.0 Å². The van der Waals surface area contributed by atoms with Gasteiger partial charge in [-0.3, -0.25) is 9.67 Å². The van der Waals surface area contributed by atoms with Crippen molar-refractivity contribution >= 4 is 0 Å². The average molecular weight is 255 g/mol. The Labute approximate surface area is 110 Å². The van der Waals surface area contributed by atoms with Crippen LogP contribution in [0, 0.1) is 6.92 Å². The van der Waals surface area contributed by atoms with E-state index in [4.69, 9.17) is 4.42 Å². The van der Waals surface area contributed by atoms with E-state index in [0.717, 1.165) is 17.8 Å². The smallest absolute Gasteiger partial charge is 0.266 e. The maximum atomic E-state index is 5.66. The van der Waals surface area contributed by atoms with Gasteiger partial charge in [0, 0.05) is 18.9 Å². The lowest BCUT2D eigenvalue weighted by atomic mass is 10.3. The highest BCUT2D eigenvalue weighted by Gasteiger charge is 2.15. The molecule has 0 fully saturated rings. The molecule has 19 heavy (non-hydrogen) atoms. The second kappa shape index (κ2) is 4.64. The number of rotatable bonds is 3. The number of hydrogen-bond donors (Lipinski definition) is 0. The predicted molar refractivity (Wildman–Crippen MR) is 69.2 cm³/mol. The molecule has 96 valence electrons. The molecule has 0 aromatic carbocycles. The fourth-order valence-corrected chi connectivity index (χ4v) is 1.81. The van der Waals surface area contributed by atoms with Crippen molar-refractivity contribution in [3.63, 3.8) is 0 Å². The summed E-state index contributed by atoms with van der Waals surface area (Å²) in [6.45, 7) is 4.76. The molecule has 0 amide bonds. The molecule has 0 aliphatic rings. The van der Waals surface area contributed by atoms with Gasteiger partial charge in [-0.05, 0) is 26.0 Å². The zero-order valence-electron chi connectivity index (χ0n) is 10.7. The number of aryl methyl sites for hydroxylation is 2. The molecule has 0 N–H and O–H groups in total. The minimum atomic E-state index is 0.416. The average Bonchev–Trinajstić information content (AvgIpc) is 3.06. The van der Waals surface area contributed by atoms with Crippen molar-refractivity contribution in [1.29, 1.82) is 0 Å². The number of nitrogens with zero attached hydrogens (tertiary/aromatic N) is 5. The molecular weight excluding hydrogens is 242 g/mol. The molecule has 3 rings (SSSR count). The van der Waals surface area contributed by atoms with Crippen LogP contribution in [0.3, 0.4) is 0 Å². The summed E-state index contributed by atoms with van der Waals surface area (Å²) in [5.41, 5.74) is 2.40. The Bertz CT molecular complexity index is 686. The summed E-state index contributed by atoms with van der Waals surface area (Å²) in [6.07, 6.45) is 3.60. The van der Waals surface area contributed by atoms with Crippen LogP contribution < -0.4 is 0 Å². The molecule has 0 radical (unpaired) electrons. The van der Waals surface area contributed by atoms with E-state index in [0.29, 0.717) is 17.5 Å². The molecular formula is C13H13N5O. The van der Waals surface area contributed by atoms with Gasteiger partial charge in [0.05, 0.1) is 11.3 Å². The number of pyridine rings is 1. The van der Waals surface area contributed by atoms with E-state index in [-0.39, 0.29) is 0 Å². The van der Waals surface area contributed by atoms with Gasteiger partial charge in [0.25, 0.3) is 11.8 Å². The molecule has 6 heteroatoms. The third kappa shape index (κ3) is 2.12. The van der Waals surface area contributed by atoms with Gasteiger partial charge in [-0.25, -0.2) is 0 Å². The fourth-order valence-electron chi connectivity index (χ4n) is 1.81. The Hall–Kier alpha value is -2.50. The summed E-state index contributed by atoms with van der Waals surface area (Å²) in [4.78, 5) is 4.18. The molecule has 0 bridgehead atoms. The minimum Gasteiger partial charge on any atom is -0.414 e. The normalized spacial score (nSPS) is 10.8. The van der Waals surface area contributed by atoms with Gasteiger partial charge < -0.3 is 4.42 Å². The van der Waals surface area contributed by atoms with Crippen LogP contribution in [0.25, 0.3) is 23.0 Å². The molecule has 0 saturated carbocycles. The van der Waals surface area contributed by atoms with E-state index < -0.39 is 0 Å². The third-order valence-electron chi connectivity index (χ3n) is 2.81. The lowest BCUT2D eigenvalue weighted by Crippen LogP contribution is -1.93. The topological polar surface area (TPSA) is 69.6 Å². The molecule has 0 spiro atoms. The van der Waals surface area contributed by atoms with Crippen LogP contribution >= 0.6 is 0 Å². The molecule has 3 aromatic heterocycles. The summed E-state index contributed by atoms with van der Waals surface area (Å²) in [5.74, 6) is 0.886. The van der Waals surface area contributed by atoms with Crippen molar-refractivity contribution < 1.29 is 4.42 Å². The molecule has 0 aliphatic carbocycles. The highest BCUT2D eigenvalue weighted by atomic mass is 16.4. The van der Waals surface area contributed by atoms with Crippen molar-refractivity contribution in [1.82, 2.24) is 25.0 Å². The van der Waals surface area contributed by atoms with Crippen molar-refractivity contribution in [2.75, 3.05) is 0 Å². The van der Waals surface area contributed by atoms with E-state index in [9.17, 15) is 0 Å². The highest BCUT2D eigenvalue weighted by molar-refractivity contribution is 5.57. The summed E-state index contributed by atoms with van der Waals surface area (Å²) < 4.78 is 7.50. The first-order valence-electron chi connectivity index (χ1n) is 6.07. The molecule has 0 unspecified atom stereocenters. The largest absolute Gasteiger partial charge is 0.414 e. The second-order valence-corrected chi connectivity index (χ2v) is 4.11. The van der Waals surface area contributed by atoms with E-state index in [1.165, 1.54) is 0 Å². The molecule has 0 atom stereocenters. The quantitative estimate of drug-likeness (QED) is 0.718. The minimum absolute atomic E-state index is 0.416. The maximum absolute atomic E-state index is 5.66. The van der Waals surface area contributed by atoms with Gasteiger partial charge in [0.2, 0.25) is 0 Å². The Kier molecular flexibility index (Phi) is 2.83. The van der Waals surface area contributed by atoms with Crippen molar-refractivity contribution in [2.24, 2.45) is 0 Å². The van der Waals surface area contributed by atoms with E-state index in [1.54, 1.807) is 6.20 Å². The van der Waals surface area contributed by atoms with E-state index in [1.807, 2.05) is 42.9 Å². The lowest BCUT2D eigenvalue weighted by molar-refractivity contribution is 0.581. The van der Waals surface area contributed by atoms with E-state index in [2.05, 4.69) is 20.3 Å². The van der Waals surface area contributed by atoms with Crippen LogP contribution in [0.5, 0.6) is 0 Å². The van der Waals surface area contributed by atoms with Crippen molar-refractivity contribution in [3.05, 3.63) is 36.3 Å². The fraction of sp³-hybridized carbons (Fsp3) is 0.231. The van der Waals surface area contributed by atoms with Crippen LogP contribution in [-0.2, 0) is 6.54 Å². The summed E-state index contributed by atoms with van der Waals surface area (Å²) >= 11 is 0. The zero-order chi connectivity index (χ0) is 13.2. The van der Waals surface area contributed by atoms with Gasteiger partial charge in [-0.15, -0.1) is 10.2 Å². The Morgan fingerprint density at radius 1 is 1.21 bits per heavy atom. The second-order valence-electron chi connectivity index (χ2n) is 4.11. The van der Waals surface area contributed by atoms with Crippen LogP contribution in [-0.4, -0.2) is 25.0 Å². The van der Waals surface area contributed by atoms with Gasteiger partial charge >= 0.3 is 0 Å². The van der Waals surface area contributed by atoms with Crippen molar-refractivity contribution in [3.8, 4) is 23.0 Å². The number of aromatic nitrogens is 5. The SMILES string of the molecule is CCn1cc(-c2nnc(-c3ccccn3)o2)c(C)n1. The molecule has 0 aliphatic heterocycles. The highest BCUT2D eigenvalue weighted by Crippen LogP contribution is 2.24. The third-order valence-corrected chi connectivity index (χ3v) is 2.81. The first-order valence-corrected chi connectivity index (χ1v) is 6.07. The van der Waals surface area contributed by atoms with Crippen molar-refractivity contribution in [2.45, 2.75) is 20.4 Å². The summed E-state index contributed by atoms with van der Waals surface area (Å²) in [7, 11) is 0.